The summed E-state index contributed by atoms with van der Waals surface area (Å²) in [5, 5.41) is 21.8. The number of hydrogen-bond acceptors (Lipinski definition) is 7. The number of anilines is 1. The maximum absolute atomic E-state index is 12.9. The van der Waals surface area contributed by atoms with Gasteiger partial charge in [0.25, 0.3) is 0 Å². The van der Waals surface area contributed by atoms with E-state index in [-0.39, 0.29) is 18.1 Å². The van der Waals surface area contributed by atoms with Gasteiger partial charge in [-0.2, -0.15) is 9.94 Å². The number of rotatable bonds is 8. The monoisotopic (exact) mass is 442 g/mol. The molecule has 1 aromatic heterocycles. The molecule has 154 valence electrons. The van der Waals surface area contributed by atoms with E-state index in [1.807, 2.05) is 37.3 Å². The van der Waals surface area contributed by atoms with Gasteiger partial charge < -0.3 is 9.64 Å². The Kier molecular flexibility index (Phi) is 7.27. The molecule has 0 atom stereocenters. The number of tetrazole rings is 1. The van der Waals surface area contributed by atoms with Crippen LogP contribution in [-0.4, -0.2) is 45.5 Å². The van der Waals surface area contributed by atoms with Crippen LogP contribution in [0.15, 0.2) is 47.6 Å². The van der Waals surface area contributed by atoms with Crippen molar-refractivity contribution < 1.29 is 9.53 Å². The fourth-order valence-corrected chi connectivity index (χ4v) is 3.60. The third-order valence-electron chi connectivity index (χ3n) is 4.28. The van der Waals surface area contributed by atoms with Crippen LogP contribution in [0.2, 0.25) is 5.02 Å². The lowest BCUT2D eigenvalue weighted by Gasteiger charge is -2.22. The molecule has 10 heteroatoms. The predicted molar refractivity (Wildman–Crippen MR) is 115 cm³/mol. The number of hydrogen-bond donors (Lipinski definition) is 0. The molecule has 0 saturated heterocycles. The Morgan fingerprint density at radius 2 is 2.07 bits per heavy atom. The minimum atomic E-state index is -0.152. The van der Waals surface area contributed by atoms with E-state index in [2.05, 4.69) is 21.6 Å². The molecule has 0 spiro atoms. The van der Waals surface area contributed by atoms with Crippen LogP contribution in [-0.2, 0) is 4.79 Å². The number of nitrogens with zero attached hydrogens (tertiary/aromatic N) is 6. The minimum absolute atomic E-state index is 0.115. The number of halogens is 1. The maximum atomic E-state index is 12.9. The van der Waals surface area contributed by atoms with Crippen LogP contribution in [0.5, 0.6) is 5.75 Å². The van der Waals surface area contributed by atoms with Crippen LogP contribution in [0, 0.1) is 18.3 Å². The molecule has 0 aliphatic rings. The van der Waals surface area contributed by atoms with E-state index in [4.69, 9.17) is 21.6 Å². The first kappa shape index (κ1) is 21.6. The van der Waals surface area contributed by atoms with E-state index < -0.39 is 0 Å². The Morgan fingerprint density at radius 3 is 2.73 bits per heavy atom. The Labute approximate surface area is 183 Å². The average molecular weight is 443 g/mol. The van der Waals surface area contributed by atoms with Crippen LogP contribution in [0.4, 0.5) is 5.69 Å². The van der Waals surface area contributed by atoms with Crippen molar-refractivity contribution in [3.05, 3.63) is 53.1 Å². The van der Waals surface area contributed by atoms with Crippen molar-refractivity contribution in [3.63, 3.8) is 0 Å². The third-order valence-corrected chi connectivity index (χ3v) is 5.61. The van der Waals surface area contributed by atoms with E-state index in [1.165, 1.54) is 11.8 Å². The standard InChI is InChI=1S/C20H19ClN6O2S/c1-14-12-16(6-9-18(14)21)26(11-3-10-22)19(28)13-30-20-23-24-25-27(20)15-4-7-17(29-2)8-5-15/h4-9,12H,3,11,13H2,1-2H3. The number of carbonyl (C=O) groups excluding carboxylic acids is 1. The molecule has 0 bridgehead atoms. The number of aromatic nitrogens is 4. The number of amides is 1. The van der Waals surface area contributed by atoms with Gasteiger partial charge in [0, 0.05) is 17.3 Å². The van der Waals surface area contributed by atoms with Crippen LogP contribution in [0.25, 0.3) is 5.69 Å². The van der Waals surface area contributed by atoms with Gasteiger partial charge in [-0.15, -0.1) is 5.10 Å². The summed E-state index contributed by atoms with van der Waals surface area (Å²) in [6.07, 6.45) is 0.224. The molecule has 3 aromatic rings. The van der Waals surface area contributed by atoms with Crippen LogP contribution in [0.3, 0.4) is 0 Å². The molecular weight excluding hydrogens is 424 g/mol. The molecule has 1 amide bonds. The highest BCUT2D eigenvalue weighted by Gasteiger charge is 2.19. The van der Waals surface area contributed by atoms with Crippen molar-refractivity contribution in [1.82, 2.24) is 20.2 Å². The Hall–Kier alpha value is -3.09. The molecule has 1 heterocycles. The normalized spacial score (nSPS) is 10.5. The number of benzene rings is 2. The van der Waals surface area contributed by atoms with Crippen molar-refractivity contribution in [2.75, 3.05) is 24.3 Å². The highest BCUT2D eigenvalue weighted by Crippen LogP contribution is 2.25. The van der Waals surface area contributed by atoms with Gasteiger partial charge in [-0.1, -0.05) is 23.4 Å². The lowest BCUT2D eigenvalue weighted by molar-refractivity contribution is -0.116. The topological polar surface area (TPSA) is 96.9 Å². The Morgan fingerprint density at radius 1 is 1.30 bits per heavy atom. The van der Waals surface area contributed by atoms with E-state index in [9.17, 15) is 4.79 Å². The van der Waals surface area contributed by atoms with Gasteiger partial charge in [0.2, 0.25) is 11.1 Å². The van der Waals surface area contributed by atoms with Gasteiger partial charge >= 0.3 is 0 Å². The molecule has 2 aromatic carbocycles. The van der Waals surface area contributed by atoms with Crippen LogP contribution < -0.4 is 9.64 Å². The minimum Gasteiger partial charge on any atom is -0.497 e. The molecule has 0 fully saturated rings. The van der Waals surface area contributed by atoms with Gasteiger partial charge in [0.05, 0.1) is 31.0 Å². The maximum Gasteiger partial charge on any atom is 0.237 e. The lowest BCUT2D eigenvalue weighted by atomic mass is 10.2. The summed E-state index contributed by atoms with van der Waals surface area (Å²) in [4.78, 5) is 14.5. The molecule has 30 heavy (non-hydrogen) atoms. The first-order valence-electron chi connectivity index (χ1n) is 9.02. The van der Waals surface area contributed by atoms with Crippen molar-refractivity contribution in [1.29, 1.82) is 5.26 Å². The summed E-state index contributed by atoms with van der Waals surface area (Å²) in [6, 6.07) is 14.7. The largest absolute Gasteiger partial charge is 0.497 e. The quantitative estimate of drug-likeness (QED) is 0.491. The molecule has 0 radical (unpaired) electrons. The zero-order valence-electron chi connectivity index (χ0n) is 16.4. The van der Waals surface area contributed by atoms with E-state index >= 15 is 0 Å². The number of nitriles is 1. The van der Waals surface area contributed by atoms with Crippen molar-refractivity contribution in [3.8, 4) is 17.5 Å². The second-order valence-corrected chi connectivity index (χ2v) is 7.60. The number of thioether (sulfide) groups is 1. The first-order valence-corrected chi connectivity index (χ1v) is 10.4. The second kappa shape index (κ2) is 10.1. The fourth-order valence-electron chi connectivity index (χ4n) is 2.71. The average Bonchev–Trinajstić information content (AvgIpc) is 3.23. The SMILES string of the molecule is COc1ccc(-n2nnnc2SCC(=O)N(CCC#N)c2ccc(Cl)c(C)c2)cc1. The van der Waals surface area contributed by atoms with Gasteiger partial charge in [0.1, 0.15) is 5.75 Å². The number of aryl methyl sites for hydroxylation is 1. The van der Waals surface area contributed by atoms with Crippen molar-refractivity contribution in [2.45, 2.75) is 18.5 Å². The summed E-state index contributed by atoms with van der Waals surface area (Å²) in [7, 11) is 1.60. The molecule has 0 unspecified atom stereocenters. The van der Waals surface area contributed by atoms with E-state index in [0.29, 0.717) is 22.4 Å². The summed E-state index contributed by atoms with van der Waals surface area (Å²) < 4.78 is 6.72. The highest BCUT2D eigenvalue weighted by molar-refractivity contribution is 7.99. The van der Waals surface area contributed by atoms with Crippen LogP contribution in [0.1, 0.15) is 12.0 Å². The second-order valence-electron chi connectivity index (χ2n) is 6.25. The first-order chi connectivity index (χ1) is 14.5. The van der Waals surface area contributed by atoms with Crippen molar-refractivity contribution in [2.24, 2.45) is 0 Å². The molecule has 0 aliphatic heterocycles. The number of methoxy groups -OCH3 is 1. The Bertz CT molecular complexity index is 1060. The van der Waals surface area contributed by atoms with E-state index in [0.717, 1.165) is 17.0 Å². The molecule has 0 aliphatic carbocycles. The fraction of sp³-hybridized carbons (Fsp3) is 0.250. The Balaban J connectivity index is 1.75. The smallest absolute Gasteiger partial charge is 0.237 e. The molecule has 8 nitrogen and oxygen atoms in total. The van der Waals surface area contributed by atoms with Gasteiger partial charge in [-0.05, 0) is 65.4 Å². The zero-order chi connectivity index (χ0) is 21.5. The highest BCUT2D eigenvalue weighted by atomic mass is 35.5. The predicted octanol–water partition coefficient (Wildman–Crippen LogP) is 3.67. The van der Waals surface area contributed by atoms with Gasteiger partial charge in [-0.25, -0.2) is 0 Å². The molecule has 3 rings (SSSR count). The van der Waals surface area contributed by atoms with Crippen LogP contribution >= 0.6 is 23.4 Å². The van der Waals surface area contributed by atoms with Gasteiger partial charge in [0.15, 0.2) is 0 Å². The van der Waals surface area contributed by atoms with Gasteiger partial charge in [-0.3, -0.25) is 4.79 Å². The lowest BCUT2D eigenvalue weighted by Crippen LogP contribution is -2.33. The third kappa shape index (κ3) is 5.09. The summed E-state index contributed by atoms with van der Waals surface area (Å²) in [6.45, 7) is 2.16. The molecule has 0 N–H and O–H groups in total. The summed E-state index contributed by atoms with van der Waals surface area (Å²) in [5.74, 6) is 0.688. The van der Waals surface area contributed by atoms with Crippen molar-refractivity contribution >= 4 is 35.0 Å². The summed E-state index contributed by atoms with van der Waals surface area (Å²) >= 11 is 7.33. The number of carbonyl (C=O) groups is 1. The molecular formula is C20H19ClN6O2S. The number of ether oxygens (including phenoxy) is 1. The van der Waals surface area contributed by atoms with E-state index in [1.54, 1.807) is 28.8 Å². The summed E-state index contributed by atoms with van der Waals surface area (Å²) in [5.41, 5.74) is 2.32. The zero-order valence-corrected chi connectivity index (χ0v) is 18.0. The molecule has 0 saturated carbocycles.